The molecule has 3 rings (SSSR count). The molecule has 156 valence electrons. The molecular weight excluding hydrogens is 424 g/mol. The molecule has 0 bridgehead atoms. The van der Waals surface area contributed by atoms with Crippen LogP contribution in [0.15, 0.2) is 65.9 Å². The van der Waals surface area contributed by atoms with E-state index in [4.69, 9.17) is 21.5 Å². The molecule has 0 amide bonds. The van der Waals surface area contributed by atoms with Gasteiger partial charge in [0.1, 0.15) is 23.9 Å². The topological polar surface area (TPSA) is 54.7 Å². The number of benzene rings is 2. The van der Waals surface area contributed by atoms with E-state index in [9.17, 15) is 17.6 Å². The molecule has 0 spiro atoms. The number of alkyl halides is 3. The first kappa shape index (κ1) is 21.6. The van der Waals surface area contributed by atoms with Crippen LogP contribution in [-0.2, 0) is 12.6 Å². The number of halogens is 5. The highest BCUT2D eigenvalue weighted by molar-refractivity contribution is 6.31. The molecule has 1 N–H and O–H groups in total. The van der Waals surface area contributed by atoms with E-state index in [-0.39, 0.29) is 23.8 Å². The molecule has 0 saturated heterocycles. The van der Waals surface area contributed by atoms with Gasteiger partial charge in [0.25, 0.3) is 0 Å². The highest BCUT2D eigenvalue weighted by Gasteiger charge is 2.31. The summed E-state index contributed by atoms with van der Waals surface area (Å²) in [6.45, 7) is -0.0479. The fourth-order valence-corrected chi connectivity index (χ4v) is 2.85. The van der Waals surface area contributed by atoms with E-state index in [1.54, 1.807) is 24.3 Å². The number of ether oxygens (including phenoxy) is 1. The quantitative estimate of drug-likeness (QED) is 0.231. The van der Waals surface area contributed by atoms with E-state index in [2.05, 4.69) is 10.1 Å². The molecule has 1 aromatic heterocycles. The van der Waals surface area contributed by atoms with Gasteiger partial charge in [0.15, 0.2) is 0 Å². The predicted octanol–water partition coefficient (Wildman–Crippen LogP) is 5.74. The maximum atomic E-state index is 13.0. The van der Waals surface area contributed by atoms with E-state index < -0.39 is 17.6 Å². The number of pyridine rings is 1. The molecule has 0 radical (unpaired) electrons. The van der Waals surface area contributed by atoms with E-state index in [1.807, 2.05) is 0 Å². The number of nitrogens with zero attached hydrogens (tertiary/aromatic N) is 2. The van der Waals surface area contributed by atoms with Crippen molar-refractivity contribution in [1.82, 2.24) is 4.98 Å². The van der Waals surface area contributed by atoms with Crippen molar-refractivity contribution in [3.8, 4) is 5.75 Å². The number of oxime groups is 1. The predicted molar refractivity (Wildman–Crippen MR) is 104 cm³/mol. The molecule has 9 heteroatoms. The minimum Gasteiger partial charge on any atom is -0.487 e. The van der Waals surface area contributed by atoms with Crippen molar-refractivity contribution in [3.63, 3.8) is 0 Å². The van der Waals surface area contributed by atoms with Crippen molar-refractivity contribution in [2.24, 2.45) is 5.16 Å². The largest absolute Gasteiger partial charge is 0.487 e. The van der Waals surface area contributed by atoms with Gasteiger partial charge in [-0.2, -0.15) is 13.2 Å². The molecule has 0 atom stereocenters. The van der Waals surface area contributed by atoms with Gasteiger partial charge >= 0.3 is 6.18 Å². The number of rotatable bonds is 6. The first-order valence-electron chi connectivity index (χ1n) is 8.66. The third kappa shape index (κ3) is 5.48. The Kier molecular flexibility index (Phi) is 6.56. The molecule has 0 aliphatic heterocycles. The van der Waals surface area contributed by atoms with Gasteiger partial charge < -0.3 is 9.94 Å². The maximum Gasteiger partial charge on any atom is 0.417 e. The molecule has 3 aromatic rings. The van der Waals surface area contributed by atoms with Crippen molar-refractivity contribution in [2.45, 2.75) is 12.6 Å². The van der Waals surface area contributed by atoms with Crippen LogP contribution in [0.2, 0.25) is 5.02 Å². The zero-order chi connectivity index (χ0) is 21.7. The lowest BCUT2D eigenvalue weighted by Gasteiger charge is -2.10. The second-order valence-electron chi connectivity index (χ2n) is 6.31. The third-order valence-corrected chi connectivity index (χ3v) is 4.54. The van der Waals surface area contributed by atoms with Gasteiger partial charge in [-0.15, -0.1) is 0 Å². The third-order valence-electron chi connectivity index (χ3n) is 4.21. The summed E-state index contributed by atoms with van der Waals surface area (Å²) in [4.78, 5) is 3.82. The summed E-state index contributed by atoms with van der Waals surface area (Å²) in [5.41, 5.74) is 0.927. The molecule has 0 saturated carbocycles. The van der Waals surface area contributed by atoms with Crippen LogP contribution in [0.1, 0.15) is 22.4 Å². The summed E-state index contributed by atoms with van der Waals surface area (Å²) < 4.78 is 56.7. The number of aromatic nitrogens is 1. The van der Waals surface area contributed by atoms with Crippen molar-refractivity contribution in [1.29, 1.82) is 0 Å². The highest BCUT2D eigenvalue weighted by Crippen LogP contribution is 2.31. The van der Waals surface area contributed by atoms with Crippen LogP contribution in [0.25, 0.3) is 0 Å². The Morgan fingerprint density at radius 1 is 1.07 bits per heavy atom. The Labute approximate surface area is 174 Å². The van der Waals surface area contributed by atoms with Crippen molar-refractivity contribution in [2.75, 3.05) is 6.61 Å². The molecule has 30 heavy (non-hydrogen) atoms. The zero-order valence-electron chi connectivity index (χ0n) is 15.3. The van der Waals surface area contributed by atoms with Gasteiger partial charge in [-0.05, 0) is 48.0 Å². The van der Waals surface area contributed by atoms with Gasteiger partial charge in [-0.25, -0.2) is 4.39 Å². The summed E-state index contributed by atoms with van der Waals surface area (Å²) in [6, 6.07) is 13.0. The van der Waals surface area contributed by atoms with Crippen LogP contribution in [0.4, 0.5) is 17.6 Å². The van der Waals surface area contributed by atoms with Crippen LogP contribution in [0.3, 0.4) is 0 Å². The summed E-state index contributed by atoms with van der Waals surface area (Å²) in [5, 5.41) is 12.3. The summed E-state index contributed by atoms with van der Waals surface area (Å²) in [5.74, 6) is 0.0728. The molecule has 4 nitrogen and oxygen atoms in total. The van der Waals surface area contributed by atoms with E-state index in [0.29, 0.717) is 17.0 Å². The normalized spacial score (nSPS) is 12.1. The minimum absolute atomic E-state index is 0.0479. The van der Waals surface area contributed by atoms with Crippen molar-refractivity contribution < 1.29 is 27.5 Å². The lowest BCUT2D eigenvalue weighted by atomic mass is 10.1. The van der Waals surface area contributed by atoms with Crippen molar-refractivity contribution in [3.05, 3.63) is 94.0 Å². The monoisotopic (exact) mass is 438 g/mol. The first-order valence-corrected chi connectivity index (χ1v) is 9.04. The molecule has 1 heterocycles. The zero-order valence-corrected chi connectivity index (χ0v) is 16.1. The molecule has 0 aliphatic carbocycles. The highest BCUT2D eigenvalue weighted by atomic mass is 35.5. The van der Waals surface area contributed by atoms with Gasteiger partial charge in [0.2, 0.25) is 0 Å². The first-order chi connectivity index (χ1) is 14.3. The van der Waals surface area contributed by atoms with Gasteiger partial charge in [-0.1, -0.05) is 28.9 Å². The van der Waals surface area contributed by atoms with Gasteiger partial charge in [0, 0.05) is 18.2 Å². The van der Waals surface area contributed by atoms with Crippen LogP contribution in [-0.4, -0.2) is 22.5 Å². The fraction of sp³-hybridized carbons (Fsp3) is 0.143. The number of hydrogen-bond acceptors (Lipinski definition) is 4. The fourth-order valence-electron chi connectivity index (χ4n) is 2.61. The van der Waals surface area contributed by atoms with E-state index in [0.717, 1.165) is 17.8 Å². The second kappa shape index (κ2) is 9.13. The van der Waals surface area contributed by atoms with Gasteiger partial charge in [-0.3, -0.25) is 4.98 Å². The molecule has 0 fully saturated rings. The molecule has 2 aromatic carbocycles. The second-order valence-corrected chi connectivity index (χ2v) is 6.72. The van der Waals surface area contributed by atoms with E-state index >= 15 is 0 Å². The maximum absolute atomic E-state index is 13.0. The van der Waals surface area contributed by atoms with Gasteiger partial charge in [0.05, 0.1) is 16.3 Å². The Morgan fingerprint density at radius 3 is 2.30 bits per heavy atom. The minimum atomic E-state index is -4.50. The molecular formula is C21H15ClF4N2O2. The Morgan fingerprint density at radius 2 is 1.73 bits per heavy atom. The standard InChI is InChI=1S/C21H15ClF4N2O2/c22-18-10-15(21(24,25)26)11-27-19(18)9-13-1-7-17(8-2-13)30-12-20(28-29)14-3-5-16(23)6-4-14/h1-8,10-11,29H,9,12H2/b28-20-. The van der Waals surface area contributed by atoms with Crippen LogP contribution in [0.5, 0.6) is 5.75 Å². The SMILES string of the molecule is O/N=C(/COc1ccc(Cc2ncc(C(F)(F)F)cc2Cl)cc1)c1ccc(F)cc1. The lowest BCUT2D eigenvalue weighted by Crippen LogP contribution is -2.13. The number of hydrogen-bond donors (Lipinski definition) is 1. The summed E-state index contributed by atoms with van der Waals surface area (Å²) in [6.07, 6.45) is -3.50. The summed E-state index contributed by atoms with van der Waals surface area (Å²) in [7, 11) is 0. The van der Waals surface area contributed by atoms with Crippen LogP contribution in [0, 0.1) is 5.82 Å². The average molecular weight is 439 g/mol. The van der Waals surface area contributed by atoms with E-state index in [1.165, 1.54) is 24.3 Å². The average Bonchev–Trinajstić information content (AvgIpc) is 2.71. The summed E-state index contributed by atoms with van der Waals surface area (Å²) >= 11 is 5.94. The molecule has 0 unspecified atom stereocenters. The Balaban J connectivity index is 1.63. The Bertz CT molecular complexity index is 1040. The van der Waals surface area contributed by atoms with Crippen LogP contribution >= 0.6 is 11.6 Å². The Hall–Kier alpha value is -3.13. The van der Waals surface area contributed by atoms with Crippen LogP contribution < -0.4 is 4.74 Å². The smallest absolute Gasteiger partial charge is 0.417 e. The van der Waals surface area contributed by atoms with Crippen molar-refractivity contribution >= 4 is 17.3 Å². The lowest BCUT2D eigenvalue weighted by molar-refractivity contribution is -0.137. The molecule has 0 aliphatic rings.